The van der Waals surface area contributed by atoms with Crippen LogP contribution in [0.1, 0.15) is 50.8 Å². The molecule has 180 valence electrons. The maximum Gasteiger partial charge on any atom is 0.416 e. The summed E-state index contributed by atoms with van der Waals surface area (Å²) in [5, 5.41) is 10.7. The first-order valence-electron chi connectivity index (χ1n) is 11.0. The number of piperidine rings is 1. The first-order chi connectivity index (χ1) is 15.4. The lowest BCUT2D eigenvalue weighted by molar-refractivity contribution is -0.137. The molecule has 2 aromatic carbocycles. The lowest BCUT2D eigenvalue weighted by Gasteiger charge is -2.38. The van der Waals surface area contributed by atoms with Crippen LogP contribution in [0.25, 0.3) is 0 Å². The Morgan fingerprint density at radius 2 is 1.73 bits per heavy atom. The van der Waals surface area contributed by atoms with Crippen molar-refractivity contribution >= 4 is 6.09 Å². The molecule has 1 amide bonds. The fourth-order valence-electron chi connectivity index (χ4n) is 3.83. The molecular formula is C25H30F3NO4. The number of likely N-dealkylation sites (tertiary alicyclic amines) is 1. The molecule has 3 atom stereocenters. The van der Waals surface area contributed by atoms with E-state index in [2.05, 4.69) is 0 Å². The van der Waals surface area contributed by atoms with Gasteiger partial charge < -0.3 is 19.5 Å². The molecule has 0 aromatic heterocycles. The predicted octanol–water partition coefficient (Wildman–Crippen LogP) is 5.83. The third kappa shape index (κ3) is 7.12. The lowest BCUT2D eigenvalue weighted by Crippen LogP contribution is -2.48. The summed E-state index contributed by atoms with van der Waals surface area (Å²) < 4.78 is 50.1. The maximum absolute atomic E-state index is 12.9. The number of hydrogen-bond donors (Lipinski definition) is 1. The third-order valence-electron chi connectivity index (χ3n) is 5.52. The molecule has 1 aliphatic heterocycles. The summed E-state index contributed by atoms with van der Waals surface area (Å²) in [4.78, 5) is 13.8. The largest absolute Gasteiger partial charge is 0.486 e. The highest BCUT2D eigenvalue weighted by Crippen LogP contribution is 2.35. The molecule has 1 fully saturated rings. The van der Waals surface area contributed by atoms with Gasteiger partial charge in [-0.15, -0.1) is 0 Å². The van der Waals surface area contributed by atoms with Crippen LogP contribution < -0.4 is 4.74 Å². The van der Waals surface area contributed by atoms with E-state index in [1.807, 2.05) is 30.3 Å². The number of carbonyl (C=O) groups excluding carboxylic acids is 1. The molecule has 0 saturated carbocycles. The van der Waals surface area contributed by atoms with E-state index >= 15 is 0 Å². The van der Waals surface area contributed by atoms with E-state index < -0.39 is 35.6 Å². The van der Waals surface area contributed by atoms with Crippen molar-refractivity contribution in [3.63, 3.8) is 0 Å². The molecular weight excluding hydrogens is 435 g/mol. The Hall–Kier alpha value is -2.74. The van der Waals surface area contributed by atoms with Crippen LogP contribution in [0.4, 0.5) is 18.0 Å². The van der Waals surface area contributed by atoms with Crippen molar-refractivity contribution in [1.82, 2.24) is 4.90 Å². The number of aliphatic hydroxyl groups excluding tert-OH is 1. The Bertz CT molecular complexity index is 910. The number of benzene rings is 2. The van der Waals surface area contributed by atoms with Gasteiger partial charge in [-0.25, -0.2) is 4.79 Å². The van der Waals surface area contributed by atoms with Gasteiger partial charge in [0.1, 0.15) is 17.5 Å². The first kappa shape index (κ1) is 24.9. The number of alkyl halides is 3. The van der Waals surface area contributed by atoms with E-state index in [1.165, 1.54) is 17.0 Å². The van der Waals surface area contributed by atoms with E-state index in [0.29, 0.717) is 25.1 Å². The highest BCUT2D eigenvalue weighted by Gasteiger charge is 2.35. The molecule has 0 bridgehead atoms. The monoisotopic (exact) mass is 465 g/mol. The molecule has 0 radical (unpaired) electrons. The van der Waals surface area contributed by atoms with Crippen LogP contribution in [0.3, 0.4) is 0 Å². The molecule has 1 aliphatic rings. The fourth-order valence-corrected chi connectivity index (χ4v) is 3.83. The van der Waals surface area contributed by atoms with Gasteiger partial charge in [0.05, 0.1) is 18.2 Å². The molecule has 2 aromatic rings. The molecule has 1 N–H and O–H groups in total. The van der Waals surface area contributed by atoms with Crippen LogP contribution in [-0.4, -0.2) is 40.9 Å². The van der Waals surface area contributed by atoms with Crippen molar-refractivity contribution in [3.8, 4) is 5.75 Å². The minimum atomic E-state index is -4.41. The van der Waals surface area contributed by atoms with Gasteiger partial charge in [-0.05, 0) is 69.4 Å². The second-order valence-electron chi connectivity index (χ2n) is 9.32. The van der Waals surface area contributed by atoms with Crippen LogP contribution >= 0.6 is 0 Å². The smallest absolute Gasteiger partial charge is 0.416 e. The van der Waals surface area contributed by atoms with Gasteiger partial charge in [-0.2, -0.15) is 13.2 Å². The van der Waals surface area contributed by atoms with Gasteiger partial charge in [-0.3, -0.25) is 0 Å². The predicted molar refractivity (Wildman–Crippen MR) is 118 cm³/mol. The number of ether oxygens (including phenoxy) is 2. The number of nitrogens with zero attached hydrogens (tertiary/aromatic N) is 1. The van der Waals surface area contributed by atoms with Gasteiger partial charge >= 0.3 is 12.3 Å². The van der Waals surface area contributed by atoms with Gasteiger partial charge in [0, 0.05) is 6.54 Å². The van der Waals surface area contributed by atoms with Gasteiger partial charge in [-0.1, -0.05) is 30.3 Å². The Morgan fingerprint density at radius 1 is 1.09 bits per heavy atom. The standard InChI is InChI=1S/C25H30F3NO4/c1-24(2,3)33-23(31)29-14-13-18(21(30)16-29)15-22(17-7-5-4-6-8-17)32-20-11-9-19(10-12-20)25(26,27)28/h4-12,18,21-22,30H,13-16H2,1-3H3/t18-,21+,22-/m1/s1. The molecule has 3 rings (SSSR count). The maximum atomic E-state index is 12.9. The summed E-state index contributed by atoms with van der Waals surface area (Å²) in [6.45, 7) is 5.96. The van der Waals surface area contributed by atoms with Crippen LogP contribution in [0.5, 0.6) is 5.75 Å². The number of β-amino-alcohol motifs (C(OH)–C–C–N with tert-alkyl or cyclic N) is 1. The van der Waals surface area contributed by atoms with E-state index in [-0.39, 0.29) is 12.5 Å². The SMILES string of the molecule is CC(C)(C)OC(=O)N1CC[C@H](C[C@@H](Oc2ccc(C(F)(F)F)cc2)c2ccccc2)[C@@H](O)C1. The highest BCUT2D eigenvalue weighted by atomic mass is 19.4. The zero-order valence-electron chi connectivity index (χ0n) is 19.0. The Labute approximate surface area is 192 Å². The van der Waals surface area contributed by atoms with Gasteiger partial charge in [0.2, 0.25) is 0 Å². The zero-order chi connectivity index (χ0) is 24.2. The topological polar surface area (TPSA) is 59.0 Å². The summed E-state index contributed by atoms with van der Waals surface area (Å²) >= 11 is 0. The highest BCUT2D eigenvalue weighted by molar-refractivity contribution is 5.68. The van der Waals surface area contributed by atoms with E-state index in [1.54, 1.807) is 20.8 Å². The number of aliphatic hydroxyl groups is 1. The number of amides is 1. The summed E-state index contributed by atoms with van der Waals surface area (Å²) in [6.07, 6.45) is -5.09. The Balaban J connectivity index is 1.70. The van der Waals surface area contributed by atoms with Crippen molar-refractivity contribution in [1.29, 1.82) is 0 Å². The zero-order valence-corrected chi connectivity index (χ0v) is 19.0. The van der Waals surface area contributed by atoms with Crippen molar-refractivity contribution in [2.75, 3.05) is 13.1 Å². The molecule has 5 nitrogen and oxygen atoms in total. The molecule has 0 unspecified atom stereocenters. The molecule has 0 spiro atoms. The quantitative estimate of drug-likeness (QED) is 0.603. The summed E-state index contributed by atoms with van der Waals surface area (Å²) in [5.41, 5.74) is -0.498. The second kappa shape index (κ2) is 10.0. The number of halogens is 3. The molecule has 33 heavy (non-hydrogen) atoms. The molecule has 1 heterocycles. The van der Waals surface area contributed by atoms with Crippen molar-refractivity contribution in [2.45, 2.75) is 57.6 Å². The minimum Gasteiger partial charge on any atom is -0.486 e. The van der Waals surface area contributed by atoms with Crippen LogP contribution in [-0.2, 0) is 10.9 Å². The average Bonchev–Trinajstić information content (AvgIpc) is 2.73. The van der Waals surface area contributed by atoms with Crippen molar-refractivity contribution < 1.29 is 32.5 Å². The van der Waals surface area contributed by atoms with E-state index in [0.717, 1.165) is 17.7 Å². The second-order valence-corrected chi connectivity index (χ2v) is 9.32. The fraction of sp³-hybridized carbons (Fsp3) is 0.480. The van der Waals surface area contributed by atoms with Crippen molar-refractivity contribution in [3.05, 3.63) is 65.7 Å². The average molecular weight is 466 g/mol. The number of carbonyl (C=O) groups is 1. The van der Waals surface area contributed by atoms with Crippen LogP contribution in [0, 0.1) is 5.92 Å². The third-order valence-corrected chi connectivity index (χ3v) is 5.52. The Kier molecular flexibility index (Phi) is 7.57. The summed E-state index contributed by atoms with van der Waals surface area (Å²) in [6, 6.07) is 14.0. The normalized spacial score (nSPS) is 20.3. The Morgan fingerprint density at radius 3 is 2.27 bits per heavy atom. The van der Waals surface area contributed by atoms with Crippen molar-refractivity contribution in [2.24, 2.45) is 5.92 Å². The molecule has 8 heteroatoms. The summed E-state index contributed by atoms with van der Waals surface area (Å²) in [5.74, 6) is 0.167. The van der Waals surface area contributed by atoms with Gasteiger partial charge in [0.25, 0.3) is 0 Å². The van der Waals surface area contributed by atoms with E-state index in [4.69, 9.17) is 9.47 Å². The summed E-state index contributed by atoms with van der Waals surface area (Å²) in [7, 11) is 0. The first-order valence-corrected chi connectivity index (χ1v) is 11.0. The number of rotatable bonds is 5. The van der Waals surface area contributed by atoms with Crippen LogP contribution in [0.15, 0.2) is 54.6 Å². The van der Waals surface area contributed by atoms with Gasteiger partial charge in [0.15, 0.2) is 0 Å². The minimum absolute atomic E-state index is 0.150. The van der Waals surface area contributed by atoms with Crippen LogP contribution in [0.2, 0.25) is 0 Å². The molecule has 0 aliphatic carbocycles. The lowest BCUT2D eigenvalue weighted by atomic mass is 9.87. The molecule has 1 saturated heterocycles. The van der Waals surface area contributed by atoms with E-state index in [9.17, 15) is 23.1 Å². The number of hydrogen-bond acceptors (Lipinski definition) is 4.